The van der Waals surface area contributed by atoms with E-state index in [0.717, 1.165) is 10.0 Å². The largest absolute Gasteiger partial charge is 0.457 e. The van der Waals surface area contributed by atoms with Crippen molar-refractivity contribution in [3.63, 3.8) is 0 Å². The third-order valence-corrected chi connectivity index (χ3v) is 6.21. The Morgan fingerprint density at radius 1 is 0.706 bits per heavy atom. The molecule has 166 valence electrons. The van der Waals surface area contributed by atoms with Gasteiger partial charge in [-0.2, -0.15) is 0 Å². The van der Waals surface area contributed by atoms with Gasteiger partial charge in [-0.1, -0.05) is 64.5 Å². The fourth-order valence-corrected chi connectivity index (χ4v) is 4.32. The van der Waals surface area contributed by atoms with Gasteiger partial charge in [-0.25, -0.2) is 0 Å². The number of halogens is 1. The van der Waals surface area contributed by atoms with E-state index in [1.807, 2.05) is 66.7 Å². The van der Waals surface area contributed by atoms with E-state index >= 15 is 0 Å². The highest BCUT2D eigenvalue weighted by Crippen LogP contribution is 2.31. The van der Waals surface area contributed by atoms with Crippen molar-refractivity contribution in [2.45, 2.75) is 0 Å². The number of hydrogen-bond acceptors (Lipinski definition) is 4. The van der Waals surface area contributed by atoms with Gasteiger partial charge in [-0.05, 0) is 66.8 Å². The highest BCUT2D eigenvalue weighted by molar-refractivity contribution is 9.10. The molecule has 5 rings (SSSR count). The summed E-state index contributed by atoms with van der Waals surface area (Å²) in [6.07, 6.45) is 1.47. The van der Waals surface area contributed by atoms with Gasteiger partial charge in [0.1, 0.15) is 17.1 Å². The molecule has 0 unspecified atom stereocenters. The van der Waals surface area contributed by atoms with Gasteiger partial charge in [0.25, 0.3) is 11.8 Å². The Morgan fingerprint density at radius 3 is 1.76 bits per heavy atom. The summed E-state index contributed by atoms with van der Waals surface area (Å²) in [6.45, 7) is 0. The second kappa shape index (κ2) is 9.21. The first-order valence-corrected chi connectivity index (χ1v) is 11.6. The number of amides is 2. The smallest absolute Gasteiger partial charge is 0.270 e. The maximum absolute atomic E-state index is 13.5. The first-order valence-electron chi connectivity index (χ1n) is 10.4. The van der Waals surface area contributed by atoms with E-state index in [1.165, 1.54) is 15.9 Å². The van der Waals surface area contributed by atoms with Crippen molar-refractivity contribution < 1.29 is 14.0 Å². The zero-order valence-corrected chi connectivity index (χ0v) is 20.1. The van der Waals surface area contributed by atoms with Gasteiger partial charge in [0.2, 0.25) is 0 Å². The summed E-state index contributed by atoms with van der Waals surface area (Å²) >= 11 is 9.04. The van der Waals surface area contributed by atoms with E-state index in [1.54, 1.807) is 30.3 Å². The molecule has 1 aliphatic rings. The highest BCUT2D eigenvalue weighted by Gasteiger charge is 2.41. The number of rotatable bonds is 4. The van der Waals surface area contributed by atoms with Crippen LogP contribution in [0, 0.1) is 0 Å². The summed E-state index contributed by atoms with van der Waals surface area (Å²) in [5, 5.41) is 0.0968. The first-order chi connectivity index (χ1) is 16.5. The van der Waals surface area contributed by atoms with E-state index in [4.69, 9.17) is 16.6 Å². The topological polar surface area (TPSA) is 53.8 Å². The maximum Gasteiger partial charge on any atom is 0.270 e. The molecule has 34 heavy (non-hydrogen) atoms. The Morgan fingerprint density at radius 2 is 1.24 bits per heavy atom. The van der Waals surface area contributed by atoms with E-state index in [2.05, 4.69) is 15.9 Å². The fraction of sp³-hybridized carbons (Fsp3) is 0. The molecule has 3 aromatic carbocycles. The molecular weight excluding hydrogens is 512 g/mol. The van der Waals surface area contributed by atoms with Crippen LogP contribution in [0.25, 0.3) is 17.4 Å². The van der Waals surface area contributed by atoms with Gasteiger partial charge < -0.3 is 4.42 Å². The highest BCUT2D eigenvalue weighted by atomic mass is 79.9. The predicted octanol–water partition coefficient (Wildman–Crippen LogP) is 6.46. The van der Waals surface area contributed by atoms with Gasteiger partial charge in [0.05, 0.1) is 11.4 Å². The Labute approximate surface area is 210 Å². The third kappa shape index (κ3) is 4.11. The van der Waals surface area contributed by atoms with Crippen LogP contribution in [0.1, 0.15) is 5.76 Å². The van der Waals surface area contributed by atoms with Crippen LogP contribution < -0.4 is 9.80 Å². The van der Waals surface area contributed by atoms with Crippen LogP contribution in [0.2, 0.25) is 0 Å². The summed E-state index contributed by atoms with van der Waals surface area (Å²) in [5.41, 5.74) is 1.99. The van der Waals surface area contributed by atoms with Crippen molar-refractivity contribution in [2.75, 3.05) is 9.80 Å². The summed E-state index contributed by atoms with van der Waals surface area (Å²) < 4.78 is 6.91. The first kappa shape index (κ1) is 22.0. The molecule has 0 saturated carbocycles. The molecule has 1 aliphatic heterocycles. The monoisotopic (exact) mass is 528 g/mol. The molecule has 0 atom stereocenters. The van der Waals surface area contributed by atoms with Crippen molar-refractivity contribution in [2.24, 2.45) is 0 Å². The van der Waals surface area contributed by atoms with Crippen molar-refractivity contribution in [3.05, 3.63) is 113 Å². The van der Waals surface area contributed by atoms with E-state index in [9.17, 15) is 9.59 Å². The second-order valence-corrected chi connectivity index (χ2v) is 8.78. The minimum absolute atomic E-state index is 0.0435. The number of hydrogen-bond donors (Lipinski definition) is 0. The molecule has 1 aromatic heterocycles. The van der Waals surface area contributed by atoms with Gasteiger partial charge in [-0.3, -0.25) is 19.4 Å². The maximum atomic E-state index is 13.5. The molecule has 2 amide bonds. The minimum atomic E-state index is -0.505. The molecule has 2 heterocycles. The standard InChI is InChI=1S/C27H17BrN2O3S/c28-19-13-11-18(12-14-19)24-16-15-22(33-24)17-23-25(31)29(20-7-3-1-4-8-20)27(34)30(26(23)32)21-9-5-2-6-10-21/h1-17H. The summed E-state index contributed by atoms with van der Waals surface area (Å²) in [4.78, 5) is 29.8. The van der Waals surface area contributed by atoms with Crippen molar-refractivity contribution in [1.82, 2.24) is 0 Å². The van der Waals surface area contributed by atoms with Gasteiger partial charge in [-0.15, -0.1) is 0 Å². The number of carbonyl (C=O) groups excluding carboxylic acids is 2. The van der Waals surface area contributed by atoms with Gasteiger partial charge >= 0.3 is 0 Å². The molecule has 7 heteroatoms. The average Bonchev–Trinajstić information content (AvgIpc) is 3.32. The lowest BCUT2D eigenvalue weighted by atomic mass is 10.1. The Balaban J connectivity index is 1.58. The molecule has 0 aliphatic carbocycles. The average molecular weight is 529 g/mol. The van der Waals surface area contributed by atoms with E-state index < -0.39 is 11.8 Å². The lowest BCUT2D eigenvalue weighted by molar-refractivity contribution is -0.120. The van der Waals surface area contributed by atoms with E-state index in [-0.39, 0.29) is 10.7 Å². The number of furan rings is 1. The molecule has 4 aromatic rings. The van der Waals surface area contributed by atoms with Crippen LogP contribution in [0.15, 0.2) is 112 Å². The molecule has 5 nitrogen and oxygen atoms in total. The number of benzene rings is 3. The number of thiocarbonyl (C=S) groups is 1. The quantitative estimate of drug-likeness (QED) is 0.173. The van der Waals surface area contributed by atoms with Crippen molar-refractivity contribution in [1.29, 1.82) is 0 Å². The van der Waals surface area contributed by atoms with E-state index in [0.29, 0.717) is 22.9 Å². The Kier molecular flexibility index (Phi) is 5.96. The van der Waals surface area contributed by atoms with Crippen LogP contribution in [0.5, 0.6) is 0 Å². The predicted molar refractivity (Wildman–Crippen MR) is 140 cm³/mol. The van der Waals surface area contributed by atoms with Crippen LogP contribution in [0.3, 0.4) is 0 Å². The number of para-hydroxylation sites is 2. The minimum Gasteiger partial charge on any atom is -0.457 e. The number of carbonyl (C=O) groups is 2. The summed E-state index contributed by atoms with van der Waals surface area (Å²) in [5.74, 6) is 0.0128. The SMILES string of the molecule is O=C1C(=Cc2ccc(-c3ccc(Br)cc3)o2)C(=O)N(c2ccccc2)C(=S)N1c1ccccc1. The molecular formula is C27H17BrN2O3S. The van der Waals surface area contributed by atoms with Gasteiger partial charge in [0, 0.05) is 10.0 Å². The summed E-state index contributed by atoms with van der Waals surface area (Å²) in [7, 11) is 0. The molecule has 1 fully saturated rings. The summed E-state index contributed by atoms with van der Waals surface area (Å²) in [6, 6.07) is 29.3. The lowest BCUT2D eigenvalue weighted by Gasteiger charge is -2.36. The lowest BCUT2D eigenvalue weighted by Crippen LogP contribution is -2.56. The van der Waals surface area contributed by atoms with Crippen LogP contribution in [-0.2, 0) is 9.59 Å². The Bertz CT molecular complexity index is 1350. The van der Waals surface area contributed by atoms with Crippen molar-refractivity contribution in [3.8, 4) is 11.3 Å². The van der Waals surface area contributed by atoms with Crippen LogP contribution >= 0.6 is 28.1 Å². The Hall–Kier alpha value is -3.81. The zero-order valence-electron chi connectivity index (χ0n) is 17.7. The molecule has 0 spiro atoms. The van der Waals surface area contributed by atoms with Crippen LogP contribution in [-0.4, -0.2) is 16.9 Å². The molecule has 0 N–H and O–H groups in total. The zero-order chi connectivity index (χ0) is 23.7. The molecule has 0 radical (unpaired) electrons. The third-order valence-electron chi connectivity index (χ3n) is 5.32. The van der Waals surface area contributed by atoms with Crippen LogP contribution in [0.4, 0.5) is 11.4 Å². The molecule has 1 saturated heterocycles. The second-order valence-electron chi connectivity index (χ2n) is 7.50. The number of anilines is 2. The normalized spacial score (nSPS) is 14.0. The molecule has 0 bridgehead atoms. The fourth-order valence-electron chi connectivity index (χ4n) is 3.68. The van der Waals surface area contributed by atoms with Gasteiger partial charge in [0.15, 0.2) is 5.11 Å². The number of nitrogens with zero attached hydrogens (tertiary/aromatic N) is 2. The van der Waals surface area contributed by atoms with Crippen molar-refractivity contribution >= 4 is 62.5 Å².